The van der Waals surface area contributed by atoms with Gasteiger partial charge in [0.1, 0.15) is 23.9 Å². The summed E-state index contributed by atoms with van der Waals surface area (Å²) in [5.74, 6) is 0.803. The number of hydrogen-bond acceptors (Lipinski definition) is 4. The number of nitrogen functional groups attached to an aromatic ring is 1. The lowest BCUT2D eigenvalue weighted by Gasteiger charge is -2.09. The highest BCUT2D eigenvalue weighted by atomic mass is 19.1. The smallest absolute Gasteiger partial charge is 0.142 e. The predicted octanol–water partition coefficient (Wildman–Crippen LogP) is 2.39. The summed E-state index contributed by atoms with van der Waals surface area (Å²) in [5.41, 5.74) is 6.90. The number of nitrogens with two attached hydrogens (primary N) is 1. The van der Waals surface area contributed by atoms with Crippen molar-refractivity contribution < 1.29 is 13.9 Å². The highest BCUT2D eigenvalue weighted by molar-refractivity contribution is 5.56. The molecule has 0 aliphatic carbocycles. The van der Waals surface area contributed by atoms with E-state index in [-0.39, 0.29) is 12.4 Å². The monoisotopic (exact) mass is 248 g/mol. The standard InChI is InChI=1S/C13H13FN2O2/c1-17-13-3-2-11(5-12(13)15)18-8-9-4-10(14)7-16-6-9/h2-7H,8,15H2,1H3. The first-order valence-corrected chi connectivity index (χ1v) is 5.35. The molecule has 0 radical (unpaired) electrons. The molecule has 0 unspecified atom stereocenters. The first kappa shape index (κ1) is 12.2. The van der Waals surface area contributed by atoms with Gasteiger partial charge in [0.25, 0.3) is 0 Å². The van der Waals surface area contributed by atoms with Crippen molar-refractivity contribution >= 4 is 5.69 Å². The fraction of sp³-hybridized carbons (Fsp3) is 0.154. The SMILES string of the molecule is COc1ccc(OCc2cncc(F)c2)cc1N. The molecule has 4 nitrogen and oxygen atoms in total. The lowest BCUT2D eigenvalue weighted by atomic mass is 10.2. The summed E-state index contributed by atoms with van der Waals surface area (Å²) in [5, 5.41) is 0. The summed E-state index contributed by atoms with van der Waals surface area (Å²) in [6, 6.07) is 6.49. The van der Waals surface area contributed by atoms with Gasteiger partial charge in [0.15, 0.2) is 0 Å². The molecule has 0 aliphatic heterocycles. The maximum atomic E-state index is 12.9. The van der Waals surface area contributed by atoms with Crippen molar-refractivity contribution in [2.45, 2.75) is 6.61 Å². The number of benzene rings is 1. The molecule has 1 aromatic heterocycles. The number of methoxy groups -OCH3 is 1. The Morgan fingerprint density at radius 1 is 1.28 bits per heavy atom. The van der Waals surface area contributed by atoms with Gasteiger partial charge in [-0.25, -0.2) is 4.39 Å². The molecule has 2 N–H and O–H groups in total. The second kappa shape index (κ2) is 5.35. The Kier molecular flexibility index (Phi) is 3.62. The summed E-state index contributed by atoms with van der Waals surface area (Å²) in [6.07, 6.45) is 2.70. The second-order valence-electron chi connectivity index (χ2n) is 3.70. The Morgan fingerprint density at radius 2 is 2.11 bits per heavy atom. The quantitative estimate of drug-likeness (QED) is 0.844. The average molecular weight is 248 g/mol. The molecule has 5 heteroatoms. The molecule has 0 saturated heterocycles. The zero-order chi connectivity index (χ0) is 13.0. The van der Waals surface area contributed by atoms with E-state index in [1.54, 1.807) is 31.5 Å². The minimum Gasteiger partial charge on any atom is -0.495 e. The highest BCUT2D eigenvalue weighted by Crippen LogP contribution is 2.26. The van der Waals surface area contributed by atoms with Crippen molar-refractivity contribution in [2.75, 3.05) is 12.8 Å². The Bertz CT molecular complexity index is 546. The van der Waals surface area contributed by atoms with Gasteiger partial charge in [0.2, 0.25) is 0 Å². The Morgan fingerprint density at radius 3 is 2.78 bits per heavy atom. The Hall–Kier alpha value is -2.30. The van der Waals surface area contributed by atoms with E-state index in [2.05, 4.69) is 4.98 Å². The zero-order valence-corrected chi connectivity index (χ0v) is 9.89. The zero-order valence-electron chi connectivity index (χ0n) is 9.89. The molecule has 0 aliphatic rings. The molecule has 94 valence electrons. The minimum atomic E-state index is -0.384. The van der Waals surface area contributed by atoms with Crippen LogP contribution in [-0.4, -0.2) is 12.1 Å². The molecule has 0 atom stereocenters. The molecule has 0 spiro atoms. The van der Waals surface area contributed by atoms with Crippen LogP contribution in [0.1, 0.15) is 5.56 Å². The van der Waals surface area contributed by atoms with E-state index in [4.69, 9.17) is 15.2 Å². The molecule has 1 aromatic carbocycles. The van der Waals surface area contributed by atoms with Gasteiger partial charge in [-0.05, 0) is 18.2 Å². The largest absolute Gasteiger partial charge is 0.495 e. The van der Waals surface area contributed by atoms with E-state index in [1.807, 2.05) is 0 Å². The minimum absolute atomic E-state index is 0.233. The number of nitrogens with zero attached hydrogens (tertiary/aromatic N) is 1. The van der Waals surface area contributed by atoms with E-state index in [9.17, 15) is 4.39 Å². The summed E-state index contributed by atoms with van der Waals surface area (Å²) in [4.78, 5) is 3.74. The molecule has 2 rings (SSSR count). The van der Waals surface area contributed by atoms with Gasteiger partial charge in [0.05, 0.1) is 19.0 Å². The van der Waals surface area contributed by atoms with Crippen LogP contribution in [0.4, 0.5) is 10.1 Å². The number of hydrogen-bond donors (Lipinski definition) is 1. The van der Waals surface area contributed by atoms with Gasteiger partial charge >= 0.3 is 0 Å². The summed E-state index contributed by atoms with van der Waals surface area (Å²) < 4.78 is 23.4. The molecule has 1 heterocycles. The van der Waals surface area contributed by atoms with Crippen LogP contribution in [0, 0.1) is 5.82 Å². The van der Waals surface area contributed by atoms with Gasteiger partial charge in [-0.1, -0.05) is 0 Å². The van der Waals surface area contributed by atoms with Crippen molar-refractivity contribution in [3.8, 4) is 11.5 Å². The highest BCUT2D eigenvalue weighted by Gasteiger charge is 2.02. The van der Waals surface area contributed by atoms with Crippen molar-refractivity contribution in [3.63, 3.8) is 0 Å². The van der Waals surface area contributed by atoms with E-state index in [0.717, 1.165) is 6.20 Å². The van der Waals surface area contributed by atoms with E-state index < -0.39 is 0 Å². The van der Waals surface area contributed by atoms with Crippen molar-refractivity contribution in [1.29, 1.82) is 0 Å². The molecular weight excluding hydrogens is 235 g/mol. The van der Waals surface area contributed by atoms with Crippen LogP contribution in [0.25, 0.3) is 0 Å². The summed E-state index contributed by atoms with van der Waals surface area (Å²) in [7, 11) is 1.55. The molecule has 0 saturated carbocycles. The second-order valence-corrected chi connectivity index (χ2v) is 3.70. The fourth-order valence-electron chi connectivity index (χ4n) is 1.50. The van der Waals surface area contributed by atoms with Crippen LogP contribution in [0.2, 0.25) is 0 Å². The Labute approximate surface area is 104 Å². The average Bonchev–Trinajstić information content (AvgIpc) is 2.37. The number of ether oxygens (including phenoxy) is 2. The lowest BCUT2D eigenvalue weighted by molar-refractivity contribution is 0.304. The molecule has 0 bridgehead atoms. The third-order valence-corrected chi connectivity index (χ3v) is 2.37. The fourth-order valence-corrected chi connectivity index (χ4v) is 1.50. The molecule has 2 aromatic rings. The number of anilines is 1. The van der Waals surface area contributed by atoms with Crippen LogP contribution in [-0.2, 0) is 6.61 Å². The van der Waals surface area contributed by atoms with E-state index >= 15 is 0 Å². The summed E-state index contributed by atoms with van der Waals surface area (Å²) in [6.45, 7) is 0.233. The van der Waals surface area contributed by atoms with Crippen molar-refractivity contribution in [3.05, 3.63) is 48.0 Å². The van der Waals surface area contributed by atoms with Gasteiger partial charge < -0.3 is 15.2 Å². The Balaban J connectivity index is 2.04. The van der Waals surface area contributed by atoms with E-state index in [1.165, 1.54) is 6.07 Å². The van der Waals surface area contributed by atoms with Gasteiger partial charge in [-0.15, -0.1) is 0 Å². The molecule has 0 amide bonds. The van der Waals surface area contributed by atoms with Gasteiger partial charge in [-0.2, -0.15) is 0 Å². The van der Waals surface area contributed by atoms with Crippen LogP contribution in [0.3, 0.4) is 0 Å². The number of halogens is 1. The van der Waals surface area contributed by atoms with Gasteiger partial charge in [0, 0.05) is 17.8 Å². The first-order chi connectivity index (χ1) is 8.69. The van der Waals surface area contributed by atoms with Crippen molar-refractivity contribution in [2.24, 2.45) is 0 Å². The third-order valence-electron chi connectivity index (χ3n) is 2.37. The van der Waals surface area contributed by atoms with Crippen molar-refractivity contribution in [1.82, 2.24) is 4.98 Å². The predicted molar refractivity (Wildman–Crippen MR) is 65.9 cm³/mol. The lowest BCUT2D eigenvalue weighted by Crippen LogP contribution is -1.98. The number of rotatable bonds is 4. The van der Waals surface area contributed by atoms with Gasteiger partial charge in [-0.3, -0.25) is 4.98 Å². The summed E-state index contributed by atoms with van der Waals surface area (Å²) >= 11 is 0. The maximum Gasteiger partial charge on any atom is 0.142 e. The van der Waals surface area contributed by atoms with Crippen LogP contribution >= 0.6 is 0 Å². The number of aromatic nitrogens is 1. The molecule has 0 fully saturated rings. The molecular formula is C13H13FN2O2. The first-order valence-electron chi connectivity index (χ1n) is 5.35. The van der Waals surface area contributed by atoms with Crippen LogP contribution in [0.15, 0.2) is 36.7 Å². The molecule has 18 heavy (non-hydrogen) atoms. The van der Waals surface area contributed by atoms with E-state index in [0.29, 0.717) is 22.7 Å². The normalized spacial score (nSPS) is 10.1. The van der Waals surface area contributed by atoms with Crippen LogP contribution in [0.5, 0.6) is 11.5 Å². The maximum absolute atomic E-state index is 12.9. The number of pyridine rings is 1. The topological polar surface area (TPSA) is 57.4 Å². The van der Waals surface area contributed by atoms with Crippen LogP contribution < -0.4 is 15.2 Å². The third kappa shape index (κ3) is 2.88.